The number of benzene rings is 3. The Balaban J connectivity index is 1.52. The molecular weight excluding hydrogens is 420 g/mol. The summed E-state index contributed by atoms with van der Waals surface area (Å²) in [7, 11) is 0. The molecule has 0 radical (unpaired) electrons. The monoisotopic (exact) mass is 448 g/mol. The summed E-state index contributed by atoms with van der Waals surface area (Å²) in [5.41, 5.74) is 2.47. The maximum Gasteiger partial charge on any atom is 0.257 e. The number of para-hydroxylation sites is 2. The lowest BCUT2D eigenvalue weighted by Crippen LogP contribution is -2.34. The Kier molecular flexibility index (Phi) is 9.07. The van der Waals surface area contributed by atoms with Gasteiger partial charge in [-0.05, 0) is 67.4 Å². The summed E-state index contributed by atoms with van der Waals surface area (Å²) in [6.45, 7) is 3.22. The first-order valence-corrected chi connectivity index (χ1v) is 11.2. The first-order chi connectivity index (χ1) is 15.7. The topological polar surface area (TPSA) is 59.6 Å². The van der Waals surface area contributed by atoms with Crippen molar-refractivity contribution in [3.05, 3.63) is 90.0 Å². The fourth-order valence-electron chi connectivity index (χ4n) is 3.07. The van der Waals surface area contributed by atoms with E-state index in [1.807, 2.05) is 55.5 Å². The van der Waals surface area contributed by atoms with E-state index in [1.165, 1.54) is 5.56 Å². The fourth-order valence-corrected chi connectivity index (χ4v) is 3.28. The average Bonchev–Trinajstić information content (AvgIpc) is 2.82. The Bertz CT molecular complexity index is 1020. The number of hydrogen-bond acceptors (Lipinski definition) is 4. The van der Waals surface area contributed by atoms with Crippen LogP contribution < -0.4 is 20.1 Å². The van der Waals surface area contributed by atoms with Crippen LogP contribution in [0.15, 0.2) is 78.9 Å². The van der Waals surface area contributed by atoms with Crippen molar-refractivity contribution in [2.45, 2.75) is 26.2 Å². The standard InChI is InChI=1S/C26H28N2O3S/c1-2-17-30-22-14-8-13-21(19-22)25(29)28-26(32)27-23-15-6-7-16-24(23)31-18-9-12-20-10-4-3-5-11-20/h3-8,10-11,13-16,19H,2,9,12,17-18H2,1H3,(H2,27,28,29,32). The number of anilines is 1. The van der Waals surface area contributed by atoms with Crippen LogP contribution in [0.2, 0.25) is 0 Å². The summed E-state index contributed by atoms with van der Waals surface area (Å²) in [6.07, 6.45) is 2.75. The molecule has 3 aromatic carbocycles. The third-order valence-electron chi connectivity index (χ3n) is 4.64. The zero-order valence-electron chi connectivity index (χ0n) is 18.2. The lowest BCUT2D eigenvalue weighted by molar-refractivity contribution is 0.0977. The third-order valence-corrected chi connectivity index (χ3v) is 4.85. The second-order valence-corrected chi connectivity index (χ2v) is 7.63. The van der Waals surface area contributed by atoms with Gasteiger partial charge in [0.1, 0.15) is 11.5 Å². The molecule has 0 aliphatic rings. The fraction of sp³-hybridized carbons (Fsp3) is 0.231. The molecule has 0 saturated heterocycles. The molecule has 0 saturated carbocycles. The van der Waals surface area contributed by atoms with Crippen molar-refractivity contribution in [2.75, 3.05) is 18.5 Å². The minimum atomic E-state index is -0.300. The maximum atomic E-state index is 12.6. The quantitative estimate of drug-likeness (QED) is 0.312. The van der Waals surface area contributed by atoms with Gasteiger partial charge >= 0.3 is 0 Å². The molecule has 3 rings (SSSR count). The molecule has 0 aliphatic heterocycles. The molecule has 1 amide bonds. The highest BCUT2D eigenvalue weighted by Gasteiger charge is 2.11. The third kappa shape index (κ3) is 7.39. The van der Waals surface area contributed by atoms with Crippen molar-refractivity contribution in [2.24, 2.45) is 0 Å². The number of ether oxygens (including phenoxy) is 2. The summed E-state index contributed by atoms with van der Waals surface area (Å²) in [5, 5.41) is 5.98. The first kappa shape index (κ1) is 23.3. The summed E-state index contributed by atoms with van der Waals surface area (Å²) in [4.78, 5) is 12.6. The average molecular weight is 449 g/mol. The largest absolute Gasteiger partial charge is 0.494 e. The van der Waals surface area contributed by atoms with Gasteiger partial charge in [-0.15, -0.1) is 0 Å². The van der Waals surface area contributed by atoms with E-state index in [4.69, 9.17) is 21.7 Å². The Hall–Kier alpha value is -3.38. The van der Waals surface area contributed by atoms with E-state index < -0.39 is 0 Å². The van der Waals surface area contributed by atoms with E-state index in [9.17, 15) is 4.79 Å². The Labute approximate surface area is 194 Å². The molecule has 2 N–H and O–H groups in total. The molecule has 6 heteroatoms. The molecule has 0 heterocycles. The van der Waals surface area contributed by atoms with Gasteiger partial charge in [0.05, 0.1) is 18.9 Å². The molecule has 0 fully saturated rings. The molecule has 5 nitrogen and oxygen atoms in total. The van der Waals surface area contributed by atoms with Crippen molar-refractivity contribution >= 4 is 28.9 Å². The van der Waals surface area contributed by atoms with E-state index >= 15 is 0 Å². The number of thiocarbonyl (C=S) groups is 1. The van der Waals surface area contributed by atoms with Crippen LogP contribution in [0.3, 0.4) is 0 Å². The van der Waals surface area contributed by atoms with Crippen LogP contribution in [0, 0.1) is 0 Å². The minimum absolute atomic E-state index is 0.204. The van der Waals surface area contributed by atoms with E-state index in [-0.39, 0.29) is 11.0 Å². The Morgan fingerprint density at radius 3 is 2.50 bits per heavy atom. The zero-order valence-corrected chi connectivity index (χ0v) is 19.0. The number of carbonyl (C=O) groups is 1. The second kappa shape index (κ2) is 12.5. The maximum absolute atomic E-state index is 12.6. The van der Waals surface area contributed by atoms with Crippen LogP contribution in [0.1, 0.15) is 35.7 Å². The van der Waals surface area contributed by atoms with Gasteiger partial charge in [-0.1, -0.05) is 55.5 Å². The molecule has 32 heavy (non-hydrogen) atoms. The lowest BCUT2D eigenvalue weighted by Gasteiger charge is -2.14. The van der Waals surface area contributed by atoms with E-state index in [1.54, 1.807) is 18.2 Å². The van der Waals surface area contributed by atoms with Gasteiger partial charge in [-0.3, -0.25) is 10.1 Å². The normalized spacial score (nSPS) is 10.3. The highest BCUT2D eigenvalue weighted by atomic mass is 32.1. The van der Waals surface area contributed by atoms with Crippen LogP contribution in [0.5, 0.6) is 11.5 Å². The molecule has 166 valence electrons. The molecule has 0 aliphatic carbocycles. The smallest absolute Gasteiger partial charge is 0.257 e. The summed E-state index contributed by atoms with van der Waals surface area (Å²) in [5.74, 6) is 1.05. The zero-order chi connectivity index (χ0) is 22.6. The molecular formula is C26H28N2O3S. The summed E-state index contributed by atoms with van der Waals surface area (Å²) < 4.78 is 11.5. The van der Waals surface area contributed by atoms with Crippen LogP contribution in [-0.4, -0.2) is 24.2 Å². The van der Waals surface area contributed by atoms with Crippen molar-refractivity contribution in [3.8, 4) is 11.5 Å². The van der Waals surface area contributed by atoms with Gasteiger partial charge in [0.25, 0.3) is 5.91 Å². The van der Waals surface area contributed by atoms with Gasteiger partial charge < -0.3 is 14.8 Å². The number of nitrogens with one attached hydrogen (secondary N) is 2. The highest BCUT2D eigenvalue weighted by molar-refractivity contribution is 7.80. The van der Waals surface area contributed by atoms with Crippen molar-refractivity contribution in [1.29, 1.82) is 0 Å². The number of aryl methyl sites for hydroxylation is 1. The minimum Gasteiger partial charge on any atom is -0.494 e. The van der Waals surface area contributed by atoms with Gasteiger partial charge in [0, 0.05) is 5.56 Å². The van der Waals surface area contributed by atoms with Crippen molar-refractivity contribution in [1.82, 2.24) is 5.32 Å². The van der Waals surface area contributed by atoms with Crippen LogP contribution in [0.4, 0.5) is 5.69 Å². The predicted octanol–water partition coefficient (Wildman–Crippen LogP) is 5.61. The van der Waals surface area contributed by atoms with Gasteiger partial charge in [0.2, 0.25) is 0 Å². The first-order valence-electron chi connectivity index (χ1n) is 10.8. The molecule has 3 aromatic rings. The van der Waals surface area contributed by atoms with E-state index in [0.29, 0.717) is 36.0 Å². The van der Waals surface area contributed by atoms with Crippen LogP contribution >= 0.6 is 12.2 Å². The number of amides is 1. The van der Waals surface area contributed by atoms with Crippen molar-refractivity contribution in [3.63, 3.8) is 0 Å². The van der Waals surface area contributed by atoms with Gasteiger partial charge in [-0.25, -0.2) is 0 Å². The van der Waals surface area contributed by atoms with Gasteiger partial charge in [0.15, 0.2) is 5.11 Å². The van der Waals surface area contributed by atoms with Gasteiger partial charge in [-0.2, -0.15) is 0 Å². The summed E-state index contributed by atoms with van der Waals surface area (Å²) in [6, 6.07) is 24.9. The van der Waals surface area contributed by atoms with Crippen molar-refractivity contribution < 1.29 is 14.3 Å². The molecule has 0 spiro atoms. The lowest BCUT2D eigenvalue weighted by atomic mass is 10.1. The number of rotatable bonds is 10. The number of carbonyl (C=O) groups excluding carboxylic acids is 1. The summed E-state index contributed by atoms with van der Waals surface area (Å²) >= 11 is 5.34. The van der Waals surface area contributed by atoms with Crippen LogP contribution in [-0.2, 0) is 6.42 Å². The van der Waals surface area contributed by atoms with Crippen LogP contribution in [0.25, 0.3) is 0 Å². The Morgan fingerprint density at radius 1 is 0.906 bits per heavy atom. The SMILES string of the molecule is CCCOc1cccc(C(=O)NC(=S)Nc2ccccc2OCCCc2ccccc2)c1. The predicted molar refractivity (Wildman–Crippen MR) is 133 cm³/mol. The molecule has 0 bridgehead atoms. The van der Waals surface area contributed by atoms with E-state index in [0.717, 1.165) is 19.3 Å². The molecule has 0 unspecified atom stereocenters. The second-order valence-electron chi connectivity index (χ2n) is 7.22. The molecule has 0 atom stereocenters. The number of hydrogen-bond donors (Lipinski definition) is 2. The molecule has 0 aromatic heterocycles. The van der Waals surface area contributed by atoms with E-state index in [2.05, 4.69) is 22.8 Å². The highest BCUT2D eigenvalue weighted by Crippen LogP contribution is 2.24. The Morgan fingerprint density at radius 2 is 1.69 bits per heavy atom.